The van der Waals surface area contributed by atoms with Crippen molar-refractivity contribution >= 4 is 23.3 Å². The number of carbonyl (C=O) groups excluding carboxylic acids is 1. The van der Waals surface area contributed by atoms with Gasteiger partial charge in [-0.1, -0.05) is 59.8 Å². The first-order chi connectivity index (χ1) is 9.58. The molecule has 102 valence electrons. The Labute approximate surface area is 123 Å². The SMILES string of the molecule is CC(=O)C(Sc1ccc(C)cc1)=C(O)c1ccccc1. The lowest BCUT2D eigenvalue weighted by molar-refractivity contribution is -0.112. The molecule has 0 heterocycles. The quantitative estimate of drug-likeness (QED) is 0.506. The van der Waals surface area contributed by atoms with Gasteiger partial charge in [0.1, 0.15) is 5.76 Å². The molecule has 0 saturated heterocycles. The van der Waals surface area contributed by atoms with Gasteiger partial charge in [-0.15, -0.1) is 0 Å². The Balaban J connectivity index is 2.36. The van der Waals surface area contributed by atoms with Gasteiger partial charge in [-0.3, -0.25) is 4.79 Å². The van der Waals surface area contributed by atoms with Crippen LogP contribution in [-0.2, 0) is 4.79 Å². The van der Waals surface area contributed by atoms with Gasteiger partial charge in [0.05, 0.1) is 4.91 Å². The molecule has 0 aromatic heterocycles. The lowest BCUT2D eigenvalue weighted by Gasteiger charge is -2.08. The second-order valence-electron chi connectivity index (χ2n) is 4.52. The van der Waals surface area contributed by atoms with Crippen molar-refractivity contribution in [2.75, 3.05) is 0 Å². The summed E-state index contributed by atoms with van der Waals surface area (Å²) in [4.78, 5) is 13.1. The van der Waals surface area contributed by atoms with Crippen molar-refractivity contribution in [3.63, 3.8) is 0 Å². The van der Waals surface area contributed by atoms with E-state index in [2.05, 4.69) is 0 Å². The molecule has 0 aliphatic rings. The Kier molecular flexibility index (Phi) is 4.64. The van der Waals surface area contributed by atoms with Gasteiger partial charge in [-0.25, -0.2) is 0 Å². The Morgan fingerprint density at radius 1 is 1.00 bits per heavy atom. The maximum absolute atomic E-state index is 11.8. The first-order valence-electron chi connectivity index (χ1n) is 6.32. The lowest BCUT2D eigenvalue weighted by Crippen LogP contribution is -1.98. The maximum atomic E-state index is 11.8. The van der Waals surface area contributed by atoms with Gasteiger partial charge in [-0.2, -0.15) is 0 Å². The average Bonchev–Trinajstić information content (AvgIpc) is 2.46. The highest BCUT2D eigenvalue weighted by Gasteiger charge is 2.14. The zero-order chi connectivity index (χ0) is 14.5. The van der Waals surface area contributed by atoms with Gasteiger partial charge in [0.25, 0.3) is 0 Å². The Morgan fingerprint density at radius 3 is 2.15 bits per heavy atom. The van der Waals surface area contributed by atoms with Crippen molar-refractivity contribution in [2.24, 2.45) is 0 Å². The molecule has 0 fully saturated rings. The van der Waals surface area contributed by atoms with E-state index in [9.17, 15) is 9.90 Å². The predicted octanol–water partition coefficient (Wildman–Crippen LogP) is 4.60. The molecule has 20 heavy (non-hydrogen) atoms. The van der Waals surface area contributed by atoms with Crippen molar-refractivity contribution in [1.82, 2.24) is 0 Å². The number of Topliss-reactive ketones (excluding diaryl/α,β-unsaturated/α-hetero) is 1. The van der Waals surface area contributed by atoms with Crippen LogP contribution in [0.4, 0.5) is 0 Å². The van der Waals surface area contributed by atoms with Crippen LogP contribution in [0.5, 0.6) is 0 Å². The van der Waals surface area contributed by atoms with Crippen LogP contribution in [0.3, 0.4) is 0 Å². The fourth-order valence-electron chi connectivity index (χ4n) is 1.74. The molecule has 2 nitrogen and oxygen atoms in total. The Bertz CT molecular complexity index is 628. The highest BCUT2D eigenvalue weighted by Crippen LogP contribution is 2.32. The number of benzene rings is 2. The van der Waals surface area contributed by atoms with Crippen LogP contribution >= 0.6 is 11.8 Å². The molecule has 0 saturated carbocycles. The fraction of sp³-hybridized carbons (Fsp3) is 0.118. The van der Waals surface area contributed by atoms with E-state index in [0.717, 1.165) is 10.5 Å². The number of aliphatic hydroxyl groups excluding tert-OH is 1. The second-order valence-corrected chi connectivity index (χ2v) is 5.60. The minimum absolute atomic E-state index is 0.0312. The summed E-state index contributed by atoms with van der Waals surface area (Å²) in [5.41, 5.74) is 1.81. The molecule has 2 aromatic carbocycles. The predicted molar refractivity (Wildman–Crippen MR) is 83.7 cm³/mol. The van der Waals surface area contributed by atoms with Crippen LogP contribution < -0.4 is 0 Å². The van der Waals surface area contributed by atoms with E-state index < -0.39 is 0 Å². The Morgan fingerprint density at radius 2 is 1.60 bits per heavy atom. The highest BCUT2D eigenvalue weighted by atomic mass is 32.2. The molecule has 1 N–H and O–H groups in total. The molecule has 2 aromatic rings. The summed E-state index contributed by atoms with van der Waals surface area (Å²) in [7, 11) is 0. The van der Waals surface area contributed by atoms with Crippen molar-refractivity contribution in [2.45, 2.75) is 18.7 Å². The standard InChI is InChI=1S/C17H16O2S/c1-12-8-10-15(11-9-12)20-17(13(2)18)16(19)14-6-4-3-5-7-14/h3-11,19H,1-2H3. The van der Waals surface area contributed by atoms with E-state index >= 15 is 0 Å². The number of rotatable bonds is 4. The number of allylic oxidation sites excluding steroid dienone is 1. The third-order valence-electron chi connectivity index (χ3n) is 2.82. The molecule has 3 heteroatoms. The molecule has 2 rings (SSSR count). The van der Waals surface area contributed by atoms with Gasteiger partial charge in [0, 0.05) is 10.5 Å². The van der Waals surface area contributed by atoms with E-state index in [0.29, 0.717) is 10.5 Å². The monoisotopic (exact) mass is 284 g/mol. The van der Waals surface area contributed by atoms with Crippen LogP contribution in [-0.4, -0.2) is 10.9 Å². The fourth-order valence-corrected chi connectivity index (χ4v) is 2.60. The van der Waals surface area contributed by atoms with Gasteiger partial charge >= 0.3 is 0 Å². The Hall–Kier alpha value is -2.00. The molecule has 0 bridgehead atoms. The molecular formula is C17H16O2S. The first-order valence-corrected chi connectivity index (χ1v) is 7.13. The minimum Gasteiger partial charge on any atom is -0.506 e. The summed E-state index contributed by atoms with van der Waals surface area (Å²) < 4.78 is 0. The molecular weight excluding hydrogens is 268 g/mol. The number of aliphatic hydroxyl groups is 1. The summed E-state index contributed by atoms with van der Waals surface area (Å²) in [5.74, 6) is -0.111. The second kappa shape index (κ2) is 6.44. The summed E-state index contributed by atoms with van der Waals surface area (Å²) in [5, 5.41) is 10.3. The minimum atomic E-state index is -0.142. The van der Waals surface area contributed by atoms with Gasteiger partial charge in [0.15, 0.2) is 5.78 Å². The smallest absolute Gasteiger partial charge is 0.170 e. The summed E-state index contributed by atoms with van der Waals surface area (Å²) >= 11 is 1.29. The number of ketones is 1. The number of hydrogen-bond acceptors (Lipinski definition) is 3. The zero-order valence-corrected chi connectivity index (χ0v) is 12.3. The highest BCUT2D eigenvalue weighted by molar-refractivity contribution is 8.04. The normalized spacial score (nSPS) is 11.9. The number of hydrogen-bond donors (Lipinski definition) is 1. The molecule has 0 spiro atoms. The third-order valence-corrected chi connectivity index (χ3v) is 4.02. The van der Waals surface area contributed by atoms with Gasteiger partial charge in [0.2, 0.25) is 0 Å². The molecule has 0 atom stereocenters. The van der Waals surface area contributed by atoms with Crippen molar-refractivity contribution < 1.29 is 9.90 Å². The number of carbonyl (C=O) groups is 1. The van der Waals surface area contributed by atoms with Crippen molar-refractivity contribution in [1.29, 1.82) is 0 Å². The number of thioether (sulfide) groups is 1. The maximum Gasteiger partial charge on any atom is 0.170 e. The molecule has 0 unspecified atom stereocenters. The molecule has 0 aliphatic heterocycles. The van der Waals surface area contributed by atoms with E-state index in [1.165, 1.54) is 18.7 Å². The van der Waals surface area contributed by atoms with Crippen LogP contribution in [0.25, 0.3) is 5.76 Å². The summed E-state index contributed by atoms with van der Waals surface area (Å²) in [6.45, 7) is 3.48. The van der Waals surface area contributed by atoms with Crippen LogP contribution in [0.2, 0.25) is 0 Å². The third kappa shape index (κ3) is 3.52. The number of aryl methyl sites for hydroxylation is 1. The van der Waals surface area contributed by atoms with Crippen molar-refractivity contribution in [3.8, 4) is 0 Å². The van der Waals surface area contributed by atoms with Crippen LogP contribution in [0.15, 0.2) is 64.4 Å². The average molecular weight is 284 g/mol. The summed E-state index contributed by atoms with van der Waals surface area (Å²) in [6.07, 6.45) is 0. The van der Waals surface area contributed by atoms with E-state index in [1.807, 2.05) is 49.4 Å². The first kappa shape index (κ1) is 14.4. The molecule has 0 aliphatic carbocycles. The van der Waals surface area contributed by atoms with Gasteiger partial charge in [-0.05, 0) is 26.0 Å². The lowest BCUT2D eigenvalue weighted by atomic mass is 10.1. The van der Waals surface area contributed by atoms with E-state index in [4.69, 9.17) is 0 Å². The molecule has 0 radical (unpaired) electrons. The van der Waals surface area contributed by atoms with E-state index in [1.54, 1.807) is 12.1 Å². The van der Waals surface area contributed by atoms with Crippen LogP contribution in [0.1, 0.15) is 18.1 Å². The van der Waals surface area contributed by atoms with Crippen molar-refractivity contribution in [3.05, 3.63) is 70.6 Å². The topological polar surface area (TPSA) is 37.3 Å². The molecule has 0 amide bonds. The summed E-state index contributed by atoms with van der Waals surface area (Å²) in [6, 6.07) is 17.0. The van der Waals surface area contributed by atoms with Gasteiger partial charge < -0.3 is 5.11 Å². The van der Waals surface area contributed by atoms with E-state index in [-0.39, 0.29) is 11.5 Å². The zero-order valence-electron chi connectivity index (χ0n) is 11.5. The largest absolute Gasteiger partial charge is 0.506 e. The van der Waals surface area contributed by atoms with Crippen LogP contribution in [0, 0.1) is 6.92 Å².